The van der Waals surface area contributed by atoms with Crippen LogP contribution < -0.4 is 29.0 Å². The summed E-state index contributed by atoms with van der Waals surface area (Å²) in [4.78, 5) is 13.9. The molecule has 0 aliphatic rings. The van der Waals surface area contributed by atoms with Gasteiger partial charge in [-0.1, -0.05) is 97.1 Å². The summed E-state index contributed by atoms with van der Waals surface area (Å²) in [6.45, 7) is 0.992. The summed E-state index contributed by atoms with van der Waals surface area (Å²) in [6.07, 6.45) is 0. The molecule has 0 fully saturated rings. The SMILES string of the molecule is COc1cccc(OC)c1C(=O)Pc1c(OCc2ccccc2)cc(OCc2ccccc2)cc1OCc1ccccc1.[LiH]. The topological polar surface area (TPSA) is 63.2 Å². The van der Waals surface area contributed by atoms with Crippen LogP contribution in [0.15, 0.2) is 121 Å². The number of ether oxygens (including phenoxy) is 5. The van der Waals surface area contributed by atoms with Gasteiger partial charge in [0.05, 0.1) is 19.5 Å². The van der Waals surface area contributed by atoms with Gasteiger partial charge in [0, 0.05) is 12.1 Å². The molecule has 0 heterocycles. The quantitative estimate of drug-likeness (QED) is 0.102. The van der Waals surface area contributed by atoms with Crippen LogP contribution >= 0.6 is 8.58 Å². The molecule has 8 heteroatoms. The van der Waals surface area contributed by atoms with E-state index < -0.39 is 0 Å². The molecule has 0 N–H and O–H groups in total. The Morgan fingerprint density at radius 1 is 0.545 bits per heavy atom. The molecule has 5 aromatic carbocycles. The zero-order valence-corrected chi connectivity index (χ0v) is 25.1. The Kier molecular flexibility index (Phi) is 12.3. The van der Waals surface area contributed by atoms with Gasteiger partial charge in [0.25, 0.3) is 0 Å². The van der Waals surface area contributed by atoms with Crippen LogP contribution in [-0.2, 0) is 19.8 Å². The molecular formula is C36H34LiO6P. The third kappa shape index (κ3) is 8.68. The normalized spacial score (nSPS) is 10.6. The molecule has 5 aromatic rings. The van der Waals surface area contributed by atoms with Crippen LogP contribution in [0.4, 0.5) is 0 Å². The van der Waals surface area contributed by atoms with Crippen molar-refractivity contribution in [2.45, 2.75) is 19.8 Å². The van der Waals surface area contributed by atoms with Crippen LogP contribution in [0.1, 0.15) is 27.0 Å². The second-order valence-electron chi connectivity index (χ2n) is 9.61. The summed E-state index contributed by atoms with van der Waals surface area (Å²) >= 11 is 0. The van der Waals surface area contributed by atoms with Gasteiger partial charge in [-0.05, 0) is 37.4 Å². The van der Waals surface area contributed by atoms with Crippen molar-refractivity contribution >= 4 is 38.3 Å². The molecular weight excluding hydrogens is 566 g/mol. The second kappa shape index (κ2) is 16.6. The van der Waals surface area contributed by atoms with E-state index in [9.17, 15) is 4.79 Å². The van der Waals surface area contributed by atoms with E-state index in [1.54, 1.807) is 18.2 Å². The van der Waals surface area contributed by atoms with Gasteiger partial charge in [0.1, 0.15) is 54.1 Å². The first-order chi connectivity index (χ1) is 21.1. The summed E-state index contributed by atoms with van der Waals surface area (Å²) in [5, 5.41) is 0.636. The minimum atomic E-state index is -0.346. The van der Waals surface area contributed by atoms with Crippen LogP contribution in [0.5, 0.6) is 28.7 Å². The van der Waals surface area contributed by atoms with Crippen molar-refractivity contribution in [2.24, 2.45) is 0 Å². The predicted octanol–water partition coefficient (Wildman–Crippen LogP) is 6.94. The third-order valence-electron chi connectivity index (χ3n) is 6.66. The van der Waals surface area contributed by atoms with Gasteiger partial charge in [-0.2, -0.15) is 0 Å². The summed E-state index contributed by atoms with van der Waals surface area (Å²) in [6, 6.07) is 38.7. The average molecular weight is 601 g/mol. The molecule has 0 saturated heterocycles. The van der Waals surface area contributed by atoms with E-state index in [0.717, 1.165) is 16.7 Å². The molecule has 5 rings (SSSR count). The van der Waals surface area contributed by atoms with E-state index >= 15 is 0 Å². The summed E-state index contributed by atoms with van der Waals surface area (Å²) < 4.78 is 30.1. The molecule has 0 spiro atoms. The van der Waals surface area contributed by atoms with Crippen molar-refractivity contribution in [1.82, 2.24) is 0 Å². The number of carbonyl (C=O) groups is 1. The van der Waals surface area contributed by atoms with E-state index in [0.29, 0.717) is 59.4 Å². The molecule has 0 amide bonds. The summed E-state index contributed by atoms with van der Waals surface area (Å²) in [5.74, 6) is 2.48. The van der Waals surface area contributed by atoms with E-state index in [1.165, 1.54) is 14.2 Å². The van der Waals surface area contributed by atoms with Crippen molar-refractivity contribution in [2.75, 3.05) is 14.2 Å². The number of rotatable bonds is 14. The van der Waals surface area contributed by atoms with Crippen molar-refractivity contribution in [1.29, 1.82) is 0 Å². The van der Waals surface area contributed by atoms with Gasteiger partial charge >= 0.3 is 18.9 Å². The first-order valence-electron chi connectivity index (χ1n) is 13.8. The van der Waals surface area contributed by atoms with Gasteiger partial charge in [-0.25, -0.2) is 0 Å². The monoisotopic (exact) mass is 600 g/mol. The van der Waals surface area contributed by atoms with E-state index in [1.807, 2.05) is 103 Å². The third-order valence-corrected chi connectivity index (χ3v) is 7.88. The van der Waals surface area contributed by atoms with Gasteiger partial charge in [-0.3, -0.25) is 4.79 Å². The molecule has 0 aliphatic carbocycles. The maximum absolute atomic E-state index is 13.9. The molecule has 0 radical (unpaired) electrons. The van der Waals surface area contributed by atoms with Gasteiger partial charge in [0.15, 0.2) is 5.52 Å². The Bertz CT molecular complexity index is 1540. The van der Waals surface area contributed by atoms with Crippen LogP contribution in [0, 0.1) is 0 Å². The van der Waals surface area contributed by atoms with Crippen molar-refractivity contribution in [3.8, 4) is 28.7 Å². The Hall–Kier alpha value is -4.20. The molecule has 0 bridgehead atoms. The molecule has 1 unspecified atom stereocenters. The Morgan fingerprint density at radius 2 is 0.955 bits per heavy atom. The number of carbonyl (C=O) groups excluding carboxylic acids is 1. The Balaban J connectivity index is 0.00000442. The summed E-state index contributed by atoms with van der Waals surface area (Å²) in [7, 11) is 2.73. The Morgan fingerprint density at radius 3 is 1.36 bits per heavy atom. The molecule has 220 valence electrons. The van der Waals surface area contributed by atoms with Gasteiger partial charge < -0.3 is 23.7 Å². The summed E-state index contributed by atoms with van der Waals surface area (Å²) in [5.41, 5.74) is 3.23. The first-order valence-corrected chi connectivity index (χ1v) is 14.8. The number of benzene rings is 5. The second-order valence-corrected chi connectivity index (χ2v) is 10.8. The van der Waals surface area contributed by atoms with Gasteiger partial charge in [0.2, 0.25) is 0 Å². The van der Waals surface area contributed by atoms with Crippen LogP contribution in [-0.4, -0.2) is 38.6 Å². The number of methoxy groups -OCH3 is 2. The van der Waals surface area contributed by atoms with E-state index in [-0.39, 0.29) is 33.0 Å². The molecule has 44 heavy (non-hydrogen) atoms. The van der Waals surface area contributed by atoms with Crippen LogP contribution in [0.3, 0.4) is 0 Å². The van der Waals surface area contributed by atoms with E-state index in [4.69, 9.17) is 23.7 Å². The molecule has 1 atom stereocenters. The van der Waals surface area contributed by atoms with Crippen LogP contribution in [0.2, 0.25) is 0 Å². The fourth-order valence-corrected chi connectivity index (χ4v) is 5.60. The maximum atomic E-state index is 13.9. The van der Waals surface area contributed by atoms with Crippen molar-refractivity contribution in [3.63, 3.8) is 0 Å². The minimum absolute atomic E-state index is 0. The Labute approximate surface area is 272 Å². The molecule has 0 saturated carbocycles. The fourth-order valence-electron chi connectivity index (χ4n) is 4.46. The zero-order chi connectivity index (χ0) is 29.9. The average Bonchev–Trinajstić information content (AvgIpc) is 3.07. The molecule has 6 nitrogen and oxygen atoms in total. The number of hydrogen-bond acceptors (Lipinski definition) is 6. The predicted molar refractivity (Wildman–Crippen MR) is 178 cm³/mol. The van der Waals surface area contributed by atoms with Crippen molar-refractivity contribution < 1.29 is 28.5 Å². The standard InChI is InChI=1S/C36H33O6P.Li.H/c1-38-30-19-12-20-31(39-2)34(30)36(37)43-35-32(41-24-27-15-8-4-9-16-27)21-29(40-23-26-13-6-3-7-14-26)22-33(35)42-25-28-17-10-5-11-18-28;;/h3-22,43H,23-25H2,1-2H3;;. The first kappa shape index (κ1) is 32.7. The molecule has 0 aromatic heterocycles. The van der Waals surface area contributed by atoms with Crippen molar-refractivity contribution in [3.05, 3.63) is 144 Å². The zero-order valence-electron chi connectivity index (χ0n) is 24.1. The van der Waals surface area contributed by atoms with E-state index in [2.05, 4.69) is 0 Å². The fraction of sp³-hybridized carbons (Fsp3) is 0.139. The molecule has 0 aliphatic heterocycles. The number of hydrogen-bond donors (Lipinski definition) is 0. The van der Waals surface area contributed by atoms with Crippen LogP contribution in [0.25, 0.3) is 0 Å². The van der Waals surface area contributed by atoms with Gasteiger partial charge in [-0.15, -0.1) is 0 Å².